The van der Waals surface area contributed by atoms with Gasteiger partial charge in [-0.3, -0.25) is 14.4 Å². The molecule has 300 valence electrons. The first-order valence-electron chi connectivity index (χ1n) is 20.0. The third kappa shape index (κ3) is 8.91. The van der Waals surface area contributed by atoms with Gasteiger partial charge in [0.1, 0.15) is 17.9 Å². The number of aliphatic hydroxyl groups is 2. The summed E-state index contributed by atoms with van der Waals surface area (Å²) in [5.74, 6) is 1.56. The fourth-order valence-corrected chi connectivity index (χ4v) is 9.52. The lowest BCUT2D eigenvalue weighted by Gasteiger charge is -2.62. The number of rotatable bonds is 16. The molecule has 0 radical (unpaired) electrons. The number of likely N-dealkylation sites (N-methyl/N-ethyl adjacent to an activating group) is 1. The first kappa shape index (κ1) is 41.9. The minimum atomic E-state index is -0.895. The molecule has 2 aromatic carbocycles. The molecular weight excluding hydrogens is 683 g/mol. The number of hydrogen-bond donors (Lipinski definition) is 4. The van der Waals surface area contributed by atoms with Gasteiger partial charge in [-0.15, -0.1) is 0 Å². The predicted octanol–water partition coefficient (Wildman–Crippen LogP) is 5.19. The molecule has 54 heavy (non-hydrogen) atoms. The average molecular weight is 750 g/mol. The number of fused-ring (bicyclic) bond motifs is 2. The van der Waals surface area contributed by atoms with Crippen LogP contribution in [-0.4, -0.2) is 110 Å². The van der Waals surface area contributed by atoms with Crippen molar-refractivity contribution in [2.75, 3.05) is 52.8 Å². The molecular formula is C43H67N5O6. The van der Waals surface area contributed by atoms with E-state index < -0.39 is 24.2 Å². The molecule has 0 aromatic heterocycles. The predicted molar refractivity (Wildman–Crippen MR) is 214 cm³/mol. The van der Waals surface area contributed by atoms with Crippen LogP contribution in [0.4, 0.5) is 5.69 Å². The molecule has 4 N–H and O–H groups in total. The lowest BCUT2D eigenvalue weighted by molar-refractivity contribution is -0.183. The minimum Gasteiger partial charge on any atom is -0.493 e. The molecule has 1 aliphatic heterocycles. The highest BCUT2D eigenvalue weighted by molar-refractivity contribution is 5.97. The fourth-order valence-electron chi connectivity index (χ4n) is 9.52. The van der Waals surface area contributed by atoms with Crippen LogP contribution in [0, 0.1) is 35.0 Å². The first-order valence-corrected chi connectivity index (χ1v) is 20.0. The third-order valence-electron chi connectivity index (χ3n) is 12.5. The Morgan fingerprint density at radius 1 is 1.09 bits per heavy atom. The number of hydrogen-bond acceptors (Lipinski definition) is 9. The minimum absolute atomic E-state index is 0.000968. The summed E-state index contributed by atoms with van der Waals surface area (Å²) in [6.07, 6.45) is 1.36. The normalized spacial score (nSPS) is 27.4. The van der Waals surface area contributed by atoms with Gasteiger partial charge < -0.3 is 35.4 Å². The van der Waals surface area contributed by atoms with Crippen molar-refractivity contribution < 1.29 is 29.4 Å². The average Bonchev–Trinajstić information content (AvgIpc) is 3.47. The van der Waals surface area contributed by atoms with Crippen molar-refractivity contribution in [3.63, 3.8) is 0 Å². The van der Waals surface area contributed by atoms with Crippen molar-refractivity contribution in [1.29, 1.82) is 0 Å². The highest BCUT2D eigenvalue weighted by Gasteiger charge is 2.57. The molecule has 2 bridgehead atoms. The van der Waals surface area contributed by atoms with Gasteiger partial charge in [0.05, 0.1) is 25.9 Å². The largest absolute Gasteiger partial charge is 0.493 e. The van der Waals surface area contributed by atoms with Crippen LogP contribution in [0.5, 0.6) is 5.75 Å². The van der Waals surface area contributed by atoms with Gasteiger partial charge in [0, 0.05) is 61.0 Å². The second kappa shape index (κ2) is 17.3. The van der Waals surface area contributed by atoms with E-state index in [1.54, 1.807) is 12.0 Å². The summed E-state index contributed by atoms with van der Waals surface area (Å²) in [7, 11) is 7.95. The summed E-state index contributed by atoms with van der Waals surface area (Å²) < 4.78 is 6.38. The molecule has 3 saturated carbocycles. The summed E-state index contributed by atoms with van der Waals surface area (Å²) in [6, 6.07) is 11.0. The van der Waals surface area contributed by atoms with Crippen LogP contribution >= 0.6 is 0 Å². The molecule has 11 nitrogen and oxygen atoms in total. The van der Waals surface area contributed by atoms with Crippen molar-refractivity contribution in [1.82, 2.24) is 20.6 Å². The summed E-state index contributed by atoms with van der Waals surface area (Å²) in [5, 5.41) is 29.7. The zero-order chi connectivity index (χ0) is 39.6. The van der Waals surface area contributed by atoms with Crippen LogP contribution in [0.2, 0.25) is 0 Å². The molecule has 0 spiro atoms. The highest BCUT2D eigenvalue weighted by atomic mass is 16.7. The molecule has 2 amide bonds. The van der Waals surface area contributed by atoms with Crippen molar-refractivity contribution in [3.8, 4) is 16.9 Å². The van der Waals surface area contributed by atoms with Gasteiger partial charge in [0.25, 0.3) is 5.91 Å². The molecule has 2 aromatic rings. The van der Waals surface area contributed by atoms with Crippen LogP contribution in [0.1, 0.15) is 83.7 Å². The SMILES string of the molecule is CCOc1c(CN2O[C@@H](CO)[C@@H]([C@H](C)O)C2C(=O)N[C@H]2C[C@H]3C[C@@H]([C@@H]2C)C3(C)C)cccc1-c1cc(C(=O)N[C@H](CC(C)C)CN(C)C)cc(N(C)C)c1. The molecule has 1 heterocycles. The topological polar surface area (TPSA) is 127 Å². The number of hydroxylamine groups is 2. The maximum Gasteiger partial charge on any atom is 0.251 e. The van der Waals surface area contributed by atoms with E-state index in [4.69, 9.17) is 9.57 Å². The number of anilines is 1. The van der Waals surface area contributed by atoms with E-state index in [1.807, 2.05) is 70.3 Å². The number of aliphatic hydroxyl groups excluding tert-OH is 2. The van der Waals surface area contributed by atoms with E-state index in [9.17, 15) is 19.8 Å². The van der Waals surface area contributed by atoms with Gasteiger partial charge in [-0.2, -0.15) is 5.06 Å². The molecule has 6 rings (SSSR count). The fraction of sp³-hybridized carbons (Fsp3) is 0.674. The Bertz CT molecular complexity index is 1600. The van der Waals surface area contributed by atoms with Crippen LogP contribution < -0.4 is 20.3 Å². The third-order valence-corrected chi connectivity index (χ3v) is 12.5. The standard InChI is InChI=1S/C43H67N5O6/c1-12-53-40-28(14-13-15-34(40)29-17-30(19-33(18-29)47(10)11)41(51)44-32(16-25(2)3)23-46(8)9)22-48-39(38(27(5)50)37(24-49)54-48)42(52)45-36-21-31-20-35(26(36)4)43(31,6)7/h13-15,17-19,25-27,31-32,35-39,49-50H,12,16,20-24H2,1-11H3,(H,44,51)(H,45,52)/t26-,27-,31+,32+,35-,36-,37-,38+,39?/m0/s1. The van der Waals surface area contributed by atoms with Crippen LogP contribution in [0.3, 0.4) is 0 Å². The van der Waals surface area contributed by atoms with Crippen molar-refractivity contribution >= 4 is 17.5 Å². The van der Waals surface area contributed by atoms with Crippen molar-refractivity contribution in [3.05, 3.63) is 47.5 Å². The number of ether oxygens (including phenoxy) is 1. The second-order valence-corrected chi connectivity index (χ2v) is 17.7. The van der Waals surface area contributed by atoms with E-state index in [1.165, 1.54) is 6.42 Å². The van der Waals surface area contributed by atoms with Crippen LogP contribution in [-0.2, 0) is 16.2 Å². The van der Waals surface area contributed by atoms with Gasteiger partial charge >= 0.3 is 0 Å². The Labute approximate surface area is 323 Å². The quantitative estimate of drug-likeness (QED) is 0.184. The van der Waals surface area contributed by atoms with E-state index in [0.29, 0.717) is 41.6 Å². The lowest BCUT2D eigenvalue weighted by Crippen LogP contribution is -2.62. The number of carbonyl (C=O) groups is 2. The molecule has 1 unspecified atom stereocenters. The molecule has 11 heteroatoms. The van der Waals surface area contributed by atoms with Crippen molar-refractivity contribution in [2.45, 2.75) is 105 Å². The second-order valence-electron chi connectivity index (χ2n) is 17.7. The smallest absolute Gasteiger partial charge is 0.251 e. The lowest BCUT2D eigenvalue weighted by atomic mass is 9.45. The summed E-state index contributed by atoms with van der Waals surface area (Å²) >= 11 is 0. The zero-order valence-electron chi connectivity index (χ0n) is 34.6. The van der Waals surface area contributed by atoms with E-state index in [-0.39, 0.29) is 42.5 Å². The maximum atomic E-state index is 14.3. The van der Waals surface area contributed by atoms with Gasteiger partial charge in [0.15, 0.2) is 0 Å². The molecule has 9 atom stereocenters. The summed E-state index contributed by atoms with van der Waals surface area (Å²) in [5.41, 5.74) is 4.13. The number of nitrogens with one attached hydrogen (secondary N) is 2. The molecule has 4 fully saturated rings. The monoisotopic (exact) mass is 750 g/mol. The number of benzene rings is 2. The Balaban J connectivity index is 1.47. The number of para-hydroxylation sites is 1. The van der Waals surface area contributed by atoms with Crippen LogP contribution in [0.15, 0.2) is 36.4 Å². The van der Waals surface area contributed by atoms with E-state index in [0.717, 1.165) is 41.8 Å². The van der Waals surface area contributed by atoms with Gasteiger partial charge in [-0.25, -0.2) is 0 Å². The molecule has 3 aliphatic carbocycles. The maximum absolute atomic E-state index is 14.3. The highest BCUT2D eigenvalue weighted by Crippen LogP contribution is 2.61. The van der Waals surface area contributed by atoms with Crippen LogP contribution in [0.25, 0.3) is 11.1 Å². The molecule has 4 aliphatic rings. The summed E-state index contributed by atoms with van der Waals surface area (Å²) in [4.78, 5) is 38.6. The van der Waals surface area contributed by atoms with E-state index >= 15 is 0 Å². The van der Waals surface area contributed by atoms with Gasteiger partial charge in [0.2, 0.25) is 5.91 Å². The molecule has 1 saturated heterocycles. The Kier molecular flexibility index (Phi) is 13.4. The van der Waals surface area contributed by atoms with Gasteiger partial charge in [-0.05, 0) is 100 Å². The van der Waals surface area contributed by atoms with Crippen molar-refractivity contribution in [2.24, 2.45) is 35.0 Å². The Morgan fingerprint density at radius 2 is 1.81 bits per heavy atom. The number of amides is 2. The van der Waals surface area contributed by atoms with Gasteiger partial charge in [-0.1, -0.05) is 52.8 Å². The number of carbonyl (C=O) groups excluding carboxylic acids is 2. The Morgan fingerprint density at radius 3 is 2.39 bits per heavy atom. The number of nitrogens with zero attached hydrogens (tertiary/aromatic N) is 3. The Hall–Kier alpha value is -3.22. The first-order chi connectivity index (χ1) is 25.5. The van der Waals surface area contributed by atoms with E-state index in [2.05, 4.69) is 56.2 Å². The summed E-state index contributed by atoms with van der Waals surface area (Å²) in [6.45, 7) is 15.8. The zero-order valence-corrected chi connectivity index (χ0v) is 34.6.